The Hall–Kier alpha value is -2.91. The molecule has 7 nitrogen and oxygen atoms in total. The predicted molar refractivity (Wildman–Crippen MR) is 116 cm³/mol. The first-order valence-electron chi connectivity index (χ1n) is 8.63. The van der Waals surface area contributed by atoms with Crippen molar-refractivity contribution in [1.29, 1.82) is 0 Å². The fourth-order valence-electron chi connectivity index (χ4n) is 2.84. The zero-order valence-electron chi connectivity index (χ0n) is 15.6. The van der Waals surface area contributed by atoms with Crippen LogP contribution in [-0.2, 0) is 14.8 Å². The molecule has 0 aliphatic heterocycles. The maximum absolute atomic E-state index is 11.7. The van der Waals surface area contributed by atoms with Crippen LogP contribution in [0.4, 0.5) is 10.8 Å². The van der Waals surface area contributed by atoms with Crippen molar-refractivity contribution in [3.63, 3.8) is 0 Å². The van der Waals surface area contributed by atoms with Gasteiger partial charge in [0.15, 0.2) is 5.13 Å². The van der Waals surface area contributed by atoms with E-state index in [0.29, 0.717) is 17.2 Å². The minimum atomic E-state index is -3.40. The van der Waals surface area contributed by atoms with Crippen molar-refractivity contribution >= 4 is 59.7 Å². The number of carbonyl (C=O) groups is 1. The molecule has 4 rings (SSSR count). The Morgan fingerprint density at radius 1 is 1.11 bits per heavy atom. The molecule has 0 atom stereocenters. The Balaban J connectivity index is 0.00000109. The molecule has 0 aliphatic rings. The molecule has 0 saturated heterocycles. The number of nitrogens with one attached hydrogen (secondary N) is 3. The fourth-order valence-corrected chi connectivity index (χ4v) is 4.26. The van der Waals surface area contributed by atoms with Crippen molar-refractivity contribution in [2.45, 2.75) is 13.8 Å². The number of H-pyrrole nitrogens is 1. The normalized spacial score (nSPS) is 11.1. The number of sulfonamides is 1. The van der Waals surface area contributed by atoms with Crippen LogP contribution in [0.5, 0.6) is 0 Å². The maximum atomic E-state index is 11.7. The van der Waals surface area contributed by atoms with E-state index in [1.165, 1.54) is 11.3 Å². The smallest absolute Gasteiger partial charge is 0.229 e. The standard InChI is InChI=1S/C17H14N4O3S2.C2H6/c1-26(23,24)21-14-7-12(6-11-4-5-18-16(11)14)10-2-3-13-15(8-10)25-17(20-13)19-9-22;1-2/h2-9,18,21H,1H3,(H,19,20,22);1-2H3. The van der Waals surface area contributed by atoms with Crippen LogP contribution in [0.3, 0.4) is 0 Å². The average molecular weight is 417 g/mol. The lowest BCUT2D eigenvalue weighted by Gasteiger charge is -2.09. The number of nitrogens with zero attached hydrogens (tertiary/aromatic N) is 1. The Morgan fingerprint density at radius 3 is 2.61 bits per heavy atom. The Kier molecular flexibility index (Phi) is 5.66. The largest absolute Gasteiger partial charge is 0.359 e. The molecule has 0 unspecified atom stereocenters. The van der Waals surface area contributed by atoms with Crippen molar-refractivity contribution in [2.75, 3.05) is 16.3 Å². The van der Waals surface area contributed by atoms with Crippen LogP contribution >= 0.6 is 11.3 Å². The van der Waals surface area contributed by atoms with Gasteiger partial charge in [-0.05, 0) is 41.5 Å². The Bertz CT molecular complexity index is 1240. The molecule has 146 valence electrons. The van der Waals surface area contributed by atoms with E-state index >= 15 is 0 Å². The van der Waals surface area contributed by atoms with Crippen molar-refractivity contribution in [2.24, 2.45) is 0 Å². The molecule has 4 aromatic rings. The first-order valence-corrected chi connectivity index (χ1v) is 11.3. The van der Waals surface area contributed by atoms with Gasteiger partial charge in [-0.3, -0.25) is 9.52 Å². The first-order chi connectivity index (χ1) is 13.4. The lowest BCUT2D eigenvalue weighted by atomic mass is 10.0. The number of thiazole rings is 1. The molecule has 0 radical (unpaired) electrons. The lowest BCUT2D eigenvalue weighted by Crippen LogP contribution is -2.10. The molecule has 1 amide bonds. The molecule has 28 heavy (non-hydrogen) atoms. The number of hydrogen-bond acceptors (Lipinski definition) is 5. The number of benzene rings is 2. The van der Waals surface area contributed by atoms with Gasteiger partial charge in [-0.25, -0.2) is 13.4 Å². The number of aromatic nitrogens is 2. The number of carbonyl (C=O) groups excluding carboxylic acids is 1. The van der Waals surface area contributed by atoms with Crippen LogP contribution in [0.1, 0.15) is 13.8 Å². The number of anilines is 2. The topological polar surface area (TPSA) is 104 Å². The molecule has 3 N–H and O–H groups in total. The number of rotatable bonds is 5. The molecule has 9 heteroatoms. The Morgan fingerprint density at radius 2 is 1.89 bits per heavy atom. The molecular weight excluding hydrogens is 396 g/mol. The van der Waals surface area contributed by atoms with E-state index in [9.17, 15) is 13.2 Å². The highest BCUT2D eigenvalue weighted by molar-refractivity contribution is 7.92. The molecule has 0 aliphatic carbocycles. The molecule has 0 saturated carbocycles. The second-order valence-corrected chi connectivity index (χ2v) is 8.58. The lowest BCUT2D eigenvalue weighted by molar-refractivity contribution is -0.105. The summed E-state index contributed by atoms with van der Waals surface area (Å²) in [6.45, 7) is 4.00. The second-order valence-electron chi connectivity index (χ2n) is 5.80. The minimum absolute atomic E-state index is 0.498. The highest BCUT2D eigenvalue weighted by Crippen LogP contribution is 2.34. The molecule has 2 heterocycles. The SMILES string of the molecule is CC.CS(=O)(=O)Nc1cc(-c2ccc3nc(NC=O)sc3c2)cc2cc[nH]c12. The van der Waals surface area contributed by atoms with Crippen LogP contribution in [0.15, 0.2) is 42.6 Å². The van der Waals surface area contributed by atoms with Crippen molar-refractivity contribution < 1.29 is 13.2 Å². The number of amides is 1. The molecule has 0 spiro atoms. The summed E-state index contributed by atoms with van der Waals surface area (Å²) in [5.74, 6) is 0. The summed E-state index contributed by atoms with van der Waals surface area (Å²) in [5.41, 5.74) is 3.83. The third-order valence-corrected chi connectivity index (χ3v) is 5.40. The summed E-state index contributed by atoms with van der Waals surface area (Å²) in [6, 6.07) is 11.5. The third-order valence-electron chi connectivity index (χ3n) is 3.86. The van der Waals surface area contributed by atoms with Gasteiger partial charge in [-0.1, -0.05) is 31.3 Å². The summed E-state index contributed by atoms with van der Waals surface area (Å²) in [5, 5.41) is 4.00. The molecule has 0 bridgehead atoms. The van der Waals surface area contributed by atoms with Gasteiger partial charge in [0.1, 0.15) is 0 Å². The summed E-state index contributed by atoms with van der Waals surface area (Å²) in [4.78, 5) is 18.0. The zero-order chi connectivity index (χ0) is 20.3. The summed E-state index contributed by atoms with van der Waals surface area (Å²) < 4.78 is 26.9. The molecule has 0 fully saturated rings. The van der Waals surface area contributed by atoms with E-state index < -0.39 is 10.0 Å². The van der Waals surface area contributed by atoms with Gasteiger partial charge in [0.05, 0.1) is 27.7 Å². The molecule has 2 aromatic heterocycles. The monoisotopic (exact) mass is 416 g/mol. The molecular formula is C19H20N4O3S2. The van der Waals surface area contributed by atoms with Gasteiger partial charge in [-0.2, -0.15) is 0 Å². The van der Waals surface area contributed by atoms with Gasteiger partial charge >= 0.3 is 0 Å². The van der Waals surface area contributed by atoms with Gasteiger partial charge < -0.3 is 10.3 Å². The summed E-state index contributed by atoms with van der Waals surface area (Å²) in [7, 11) is -3.40. The number of hydrogen-bond donors (Lipinski definition) is 3. The van der Waals surface area contributed by atoms with E-state index in [2.05, 4.69) is 20.0 Å². The van der Waals surface area contributed by atoms with E-state index in [1.807, 2.05) is 44.2 Å². The number of aromatic amines is 1. The summed E-state index contributed by atoms with van der Waals surface area (Å²) in [6.07, 6.45) is 3.49. The highest BCUT2D eigenvalue weighted by atomic mass is 32.2. The summed E-state index contributed by atoms with van der Waals surface area (Å²) >= 11 is 1.38. The average Bonchev–Trinajstić information content (AvgIpc) is 3.28. The quantitative estimate of drug-likeness (QED) is 0.419. The van der Waals surface area contributed by atoms with Crippen molar-refractivity contribution in [3.8, 4) is 11.1 Å². The third kappa shape index (κ3) is 4.15. The highest BCUT2D eigenvalue weighted by Gasteiger charge is 2.12. The second kappa shape index (κ2) is 7.99. The van der Waals surface area contributed by atoms with Gasteiger partial charge in [0, 0.05) is 11.6 Å². The minimum Gasteiger partial charge on any atom is -0.359 e. The zero-order valence-corrected chi connectivity index (χ0v) is 17.2. The van der Waals surface area contributed by atoms with Gasteiger partial charge in [0.25, 0.3) is 0 Å². The van der Waals surface area contributed by atoms with Crippen LogP contribution in [-0.4, -0.2) is 31.1 Å². The Labute approximate surface area is 166 Å². The van der Waals surface area contributed by atoms with Crippen molar-refractivity contribution in [3.05, 3.63) is 42.6 Å². The van der Waals surface area contributed by atoms with E-state index in [0.717, 1.165) is 38.5 Å². The van der Waals surface area contributed by atoms with Gasteiger partial charge in [-0.15, -0.1) is 0 Å². The van der Waals surface area contributed by atoms with Gasteiger partial charge in [0.2, 0.25) is 16.4 Å². The predicted octanol–water partition coefficient (Wildman–Crippen LogP) is 4.41. The van der Waals surface area contributed by atoms with E-state index in [-0.39, 0.29) is 0 Å². The first kappa shape index (κ1) is 19.8. The van der Waals surface area contributed by atoms with Crippen LogP contribution in [0.2, 0.25) is 0 Å². The van der Waals surface area contributed by atoms with Crippen LogP contribution in [0, 0.1) is 0 Å². The van der Waals surface area contributed by atoms with E-state index in [1.54, 1.807) is 12.3 Å². The van der Waals surface area contributed by atoms with Crippen molar-refractivity contribution in [1.82, 2.24) is 9.97 Å². The number of fused-ring (bicyclic) bond motifs is 2. The maximum Gasteiger partial charge on any atom is 0.229 e. The van der Waals surface area contributed by atoms with Crippen LogP contribution < -0.4 is 10.0 Å². The molecule has 2 aromatic carbocycles. The van der Waals surface area contributed by atoms with Crippen LogP contribution in [0.25, 0.3) is 32.2 Å². The fraction of sp³-hybridized carbons (Fsp3) is 0.158. The van der Waals surface area contributed by atoms with E-state index in [4.69, 9.17) is 0 Å².